The van der Waals surface area contributed by atoms with E-state index in [4.69, 9.17) is 4.52 Å². The summed E-state index contributed by atoms with van der Waals surface area (Å²) in [4.78, 5) is 13.6. The van der Waals surface area contributed by atoms with Gasteiger partial charge in [-0.05, 0) is 30.5 Å². The van der Waals surface area contributed by atoms with Crippen molar-refractivity contribution in [3.05, 3.63) is 47.4 Å². The minimum Gasteiger partial charge on any atom is -0.505 e. The number of hydrogen-bond donors (Lipinski definition) is 2. The van der Waals surface area contributed by atoms with Gasteiger partial charge in [0, 0.05) is 23.6 Å². The molecule has 1 aromatic heterocycles. The highest BCUT2D eigenvalue weighted by atomic mass is 32.2. The second-order valence-corrected chi connectivity index (χ2v) is 10.8. The fourth-order valence-electron chi connectivity index (χ4n) is 3.29. The van der Waals surface area contributed by atoms with Crippen LogP contribution in [-0.4, -0.2) is 41.7 Å². The number of sulfone groups is 1. The highest BCUT2D eigenvalue weighted by molar-refractivity contribution is 7.97. The fourth-order valence-corrected chi connectivity index (χ4v) is 5.61. The molecule has 2 aromatic rings. The predicted molar refractivity (Wildman–Crippen MR) is 121 cm³/mol. The Kier molecular flexibility index (Phi) is 7.66. The summed E-state index contributed by atoms with van der Waals surface area (Å²) in [6.07, 6.45) is 4.76. The van der Waals surface area contributed by atoms with Crippen molar-refractivity contribution in [2.75, 3.05) is 18.1 Å². The zero-order chi connectivity index (χ0) is 22.4. The zero-order valence-corrected chi connectivity index (χ0v) is 19.3. The van der Waals surface area contributed by atoms with Gasteiger partial charge in [-0.25, -0.2) is 8.42 Å². The first-order valence-electron chi connectivity index (χ1n) is 10.2. The molecule has 0 aliphatic carbocycles. The number of aliphatic hydroxyl groups excluding tert-OH is 1. The van der Waals surface area contributed by atoms with E-state index in [1.54, 1.807) is 23.5 Å². The first-order valence-corrected chi connectivity index (χ1v) is 12.8. The average molecular weight is 466 g/mol. The first kappa shape index (κ1) is 23.2. The summed E-state index contributed by atoms with van der Waals surface area (Å²) in [5.41, 5.74) is 0.648. The van der Waals surface area contributed by atoms with E-state index in [0.717, 1.165) is 30.6 Å². The Morgan fingerprint density at radius 1 is 1.23 bits per heavy atom. The summed E-state index contributed by atoms with van der Waals surface area (Å²) in [5.74, 6) is -0.610. The van der Waals surface area contributed by atoms with E-state index in [2.05, 4.69) is 17.4 Å². The van der Waals surface area contributed by atoms with Crippen LogP contribution in [-0.2, 0) is 20.4 Å². The van der Waals surface area contributed by atoms with Crippen LogP contribution in [0.25, 0.3) is 5.76 Å². The maximum Gasteiger partial charge on any atom is 0.277 e. The maximum atomic E-state index is 12.7. The molecular weight excluding hydrogens is 438 g/mol. The number of fused-ring (bicyclic) bond motifs is 1. The van der Waals surface area contributed by atoms with Gasteiger partial charge in [-0.1, -0.05) is 49.9 Å². The molecule has 1 aliphatic rings. The van der Waals surface area contributed by atoms with Gasteiger partial charge >= 0.3 is 0 Å². The number of nitrogens with zero attached hydrogens (tertiary/aromatic N) is 2. The summed E-state index contributed by atoms with van der Waals surface area (Å²) in [5, 5.41) is 16.9. The van der Waals surface area contributed by atoms with Gasteiger partial charge in [0.05, 0.1) is 5.75 Å². The number of rotatable bonds is 10. The van der Waals surface area contributed by atoms with Crippen LogP contribution in [0.1, 0.15) is 50.4 Å². The largest absolute Gasteiger partial charge is 0.505 e. The molecule has 0 atom stereocenters. The molecule has 0 unspecified atom stereocenters. The third kappa shape index (κ3) is 6.04. The summed E-state index contributed by atoms with van der Waals surface area (Å²) < 4.78 is 31.2. The zero-order valence-electron chi connectivity index (χ0n) is 17.6. The molecule has 0 saturated carbocycles. The van der Waals surface area contributed by atoms with Gasteiger partial charge in [0.25, 0.3) is 5.91 Å². The number of aliphatic hydroxyl groups is 1. The molecule has 2 heterocycles. The molecule has 1 aromatic carbocycles. The third-order valence-corrected chi connectivity index (χ3v) is 7.50. The van der Waals surface area contributed by atoms with Crippen LogP contribution in [0.5, 0.6) is 0 Å². The van der Waals surface area contributed by atoms with Crippen LogP contribution in [0, 0.1) is 0 Å². The summed E-state index contributed by atoms with van der Waals surface area (Å²) >= 11 is 1.32. The monoisotopic (exact) mass is 465 g/mol. The molecule has 0 bridgehead atoms. The highest BCUT2D eigenvalue weighted by Crippen LogP contribution is 2.38. The second kappa shape index (κ2) is 10.2. The van der Waals surface area contributed by atoms with Crippen LogP contribution < -0.4 is 5.32 Å². The van der Waals surface area contributed by atoms with Crippen molar-refractivity contribution in [1.29, 1.82) is 0 Å². The van der Waals surface area contributed by atoms with E-state index < -0.39 is 15.7 Å². The van der Waals surface area contributed by atoms with Gasteiger partial charge in [0.2, 0.25) is 0 Å². The number of hydrogen-bond acceptors (Lipinski definition) is 8. The summed E-state index contributed by atoms with van der Waals surface area (Å²) in [7, 11) is -1.64. The normalized spacial score (nSPS) is 13.9. The number of amides is 1. The van der Waals surface area contributed by atoms with Crippen LogP contribution >= 0.6 is 11.9 Å². The first-order chi connectivity index (χ1) is 14.8. The minimum atomic E-state index is -3.32. The van der Waals surface area contributed by atoms with Gasteiger partial charge in [0.1, 0.15) is 5.75 Å². The molecule has 8 nitrogen and oxygen atoms in total. The Bertz CT molecular complexity index is 1060. The average Bonchev–Trinajstić information content (AvgIpc) is 3.13. The van der Waals surface area contributed by atoms with E-state index in [1.165, 1.54) is 18.0 Å². The van der Waals surface area contributed by atoms with E-state index in [9.17, 15) is 18.3 Å². The summed E-state index contributed by atoms with van der Waals surface area (Å²) in [6.45, 7) is 2.11. The van der Waals surface area contributed by atoms with Gasteiger partial charge < -0.3 is 19.3 Å². The Labute approximate surface area is 186 Å². The molecule has 1 amide bonds. The quantitative estimate of drug-likeness (QED) is 0.393. The number of anilines is 1. The van der Waals surface area contributed by atoms with Crippen molar-refractivity contribution < 1.29 is 22.8 Å². The number of carbonyl (C=O) groups is 1. The van der Waals surface area contributed by atoms with Gasteiger partial charge in [0.15, 0.2) is 32.9 Å². The minimum absolute atomic E-state index is 0.0768. The number of nitrogens with one attached hydrogen (secondary N) is 1. The van der Waals surface area contributed by atoms with Crippen molar-refractivity contribution in [2.24, 2.45) is 0 Å². The van der Waals surface area contributed by atoms with E-state index in [0.29, 0.717) is 12.0 Å². The molecule has 10 heteroatoms. The number of unbranched alkanes of at least 4 members (excludes halogenated alkanes) is 4. The Hall–Kier alpha value is -2.46. The molecule has 0 fully saturated rings. The molecule has 0 spiro atoms. The van der Waals surface area contributed by atoms with Gasteiger partial charge in [-0.2, -0.15) is 0 Å². The Morgan fingerprint density at radius 2 is 1.97 bits per heavy atom. The van der Waals surface area contributed by atoms with Crippen LogP contribution in [0.15, 0.2) is 45.4 Å². The molecule has 0 radical (unpaired) electrons. The van der Waals surface area contributed by atoms with Crippen LogP contribution in [0.3, 0.4) is 0 Å². The van der Waals surface area contributed by atoms with Crippen molar-refractivity contribution in [2.45, 2.75) is 49.7 Å². The highest BCUT2D eigenvalue weighted by Gasteiger charge is 2.29. The Balaban J connectivity index is 1.62. The van der Waals surface area contributed by atoms with Crippen molar-refractivity contribution in [3.8, 4) is 0 Å². The van der Waals surface area contributed by atoms with Crippen LogP contribution in [0.2, 0.25) is 0 Å². The standard InChI is InChI=1S/C21H27N3O5S2/c1-3-4-5-6-9-12-31(27,28)14-15-13-18(23-29-15)22-21(26)19-20(25)16-10-7-8-11-17(16)30-24(19)2/h7-8,10-11,13,25H,3-6,9,12,14H2,1-2H3,(H,22,23,26). The van der Waals surface area contributed by atoms with E-state index in [1.807, 2.05) is 12.1 Å². The molecule has 168 valence electrons. The lowest BCUT2D eigenvalue weighted by Gasteiger charge is -2.27. The smallest absolute Gasteiger partial charge is 0.277 e. The van der Waals surface area contributed by atoms with Crippen LogP contribution in [0.4, 0.5) is 5.82 Å². The second-order valence-electron chi connectivity index (χ2n) is 7.42. The molecule has 31 heavy (non-hydrogen) atoms. The lowest BCUT2D eigenvalue weighted by atomic mass is 10.1. The van der Waals surface area contributed by atoms with E-state index >= 15 is 0 Å². The van der Waals surface area contributed by atoms with Crippen molar-refractivity contribution >= 4 is 39.3 Å². The molecule has 0 saturated heterocycles. The maximum absolute atomic E-state index is 12.7. The number of benzene rings is 1. The lowest BCUT2D eigenvalue weighted by molar-refractivity contribution is -0.113. The third-order valence-electron chi connectivity index (χ3n) is 4.85. The molecule has 3 rings (SSSR count). The lowest BCUT2D eigenvalue weighted by Crippen LogP contribution is -2.27. The fraction of sp³-hybridized carbons (Fsp3) is 0.429. The number of carbonyl (C=O) groups excluding carboxylic acids is 1. The van der Waals surface area contributed by atoms with Crippen molar-refractivity contribution in [1.82, 2.24) is 9.46 Å². The SMILES string of the molecule is CCCCCCCS(=O)(=O)Cc1cc(NC(=O)C2=C(O)c3ccccc3SN2C)no1. The predicted octanol–water partition coefficient (Wildman–Crippen LogP) is 4.38. The van der Waals surface area contributed by atoms with Gasteiger partial charge in [-0.3, -0.25) is 4.79 Å². The number of likely N-dealkylation sites (N-methyl/N-ethyl adjacent to an activating group) is 1. The van der Waals surface area contributed by atoms with E-state index in [-0.39, 0.29) is 34.5 Å². The Morgan fingerprint density at radius 3 is 2.74 bits per heavy atom. The molecular formula is C21H27N3O5S2. The van der Waals surface area contributed by atoms with Crippen molar-refractivity contribution in [3.63, 3.8) is 0 Å². The summed E-state index contributed by atoms with van der Waals surface area (Å²) in [6, 6.07) is 8.63. The topological polar surface area (TPSA) is 113 Å². The molecule has 2 N–H and O–H groups in total. The molecule has 1 aliphatic heterocycles. The number of aromatic nitrogens is 1. The van der Waals surface area contributed by atoms with Gasteiger partial charge in [-0.15, -0.1) is 0 Å².